The van der Waals surface area contributed by atoms with Gasteiger partial charge in [-0.25, -0.2) is 0 Å². The number of hydrogen-bond donors (Lipinski definition) is 0. The summed E-state index contributed by atoms with van der Waals surface area (Å²) in [4.78, 5) is 12.8. The van der Waals surface area contributed by atoms with Gasteiger partial charge in [0.1, 0.15) is 0 Å². The number of amides is 1. The molecular formula is C14H27NO. The van der Waals surface area contributed by atoms with Crippen LogP contribution in [-0.4, -0.2) is 17.4 Å². The van der Waals surface area contributed by atoms with Crippen LogP contribution in [0, 0.1) is 0 Å². The van der Waals surface area contributed by atoms with E-state index >= 15 is 0 Å². The molecule has 16 heavy (non-hydrogen) atoms. The number of carbonyl (C=O) groups excluding carboxylic acids is 1. The fourth-order valence-electron chi connectivity index (χ4n) is 1.79. The molecule has 0 unspecified atom stereocenters. The minimum absolute atomic E-state index is 0.0953. The number of rotatable bonds is 10. The van der Waals surface area contributed by atoms with E-state index in [1.54, 1.807) is 18.0 Å². The van der Waals surface area contributed by atoms with Gasteiger partial charge >= 0.3 is 0 Å². The maximum absolute atomic E-state index is 11.1. The molecule has 94 valence electrons. The normalized spacial score (nSPS) is 10.1. The first-order valence-corrected chi connectivity index (χ1v) is 6.62. The van der Waals surface area contributed by atoms with E-state index in [2.05, 4.69) is 13.5 Å². The van der Waals surface area contributed by atoms with Gasteiger partial charge in [0.05, 0.1) is 0 Å². The number of unbranched alkanes of at least 4 members (excludes halogenated alkanes) is 7. The largest absolute Gasteiger partial charge is 0.320 e. The Morgan fingerprint density at radius 1 is 1.06 bits per heavy atom. The minimum atomic E-state index is 0.0953. The van der Waals surface area contributed by atoms with Gasteiger partial charge in [-0.15, -0.1) is 0 Å². The van der Waals surface area contributed by atoms with Crippen LogP contribution in [0.1, 0.15) is 65.2 Å². The van der Waals surface area contributed by atoms with Crippen molar-refractivity contribution < 1.29 is 4.79 Å². The molecule has 0 aliphatic heterocycles. The summed E-state index contributed by atoms with van der Waals surface area (Å²) in [5.74, 6) is 0.0953. The standard InChI is InChI=1S/C14H27NO/c1-4-6-7-8-9-10-11-12-13-15(5-2)14(3)16/h5H,2,4,6-13H2,1,3H3. The highest BCUT2D eigenvalue weighted by atomic mass is 16.2. The van der Waals surface area contributed by atoms with Crippen LogP contribution in [0.2, 0.25) is 0 Å². The predicted octanol–water partition coefficient (Wildman–Crippen LogP) is 4.12. The number of nitrogens with zero attached hydrogens (tertiary/aromatic N) is 1. The van der Waals surface area contributed by atoms with Crippen LogP contribution in [0.5, 0.6) is 0 Å². The van der Waals surface area contributed by atoms with E-state index in [0.29, 0.717) is 0 Å². The molecule has 2 heteroatoms. The summed E-state index contributed by atoms with van der Waals surface area (Å²) in [6.45, 7) is 8.29. The van der Waals surface area contributed by atoms with Crippen LogP contribution in [-0.2, 0) is 4.79 Å². The molecule has 0 fully saturated rings. The van der Waals surface area contributed by atoms with Crippen molar-refractivity contribution in [2.75, 3.05) is 6.54 Å². The maximum atomic E-state index is 11.1. The van der Waals surface area contributed by atoms with Crippen molar-refractivity contribution in [2.24, 2.45) is 0 Å². The Labute approximate surface area is 101 Å². The molecule has 0 heterocycles. The number of carbonyl (C=O) groups is 1. The van der Waals surface area contributed by atoms with E-state index in [1.165, 1.54) is 44.9 Å². The summed E-state index contributed by atoms with van der Waals surface area (Å²) in [7, 11) is 0. The van der Waals surface area contributed by atoms with E-state index in [9.17, 15) is 4.79 Å². The third-order valence-corrected chi connectivity index (χ3v) is 2.88. The number of hydrogen-bond acceptors (Lipinski definition) is 1. The second-order valence-electron chi connectivity index (χ2n) is 4.37. The quantitative estimate of drug-likeness (QED) is 0.512. The molecule has 0 spiro atoms. The first-order valence-electron chi connectivity index (χ1n) is 6.62. The lowest BCUT2D eigenvalue weighted by atomic mass is 10.1. The van der Waals surface area contributed by atoms with Crippen molar-refractivity contribution in [1.82, 2.24) is 4.90 Å². The molecule has 0 aromatic heterocycles. The van der Waals surface area contributed by atoms with Gasteiger partial charge in [-0.05, 0) is 12.6 Å². The van der Waals surface area contributed by atoms with Crippen molar-refractivity contribution in [2.45, 2.75) is 65.2 Å². The van der Waals surface area contributed by atoms with Crippen molar-refractivity contribution in [3.63, 3.8) is 0 Å². The van der Waals surface area contributed by atoms with Gasteiger partial charge in [-0.3, -0.25) is 4.79 Å². The van der Waals surface area contributed by atoms with Gasteiger partial charge in [0.2, 0.25) is 5.91 Å². The lowest BCUT2D eigenvalue weighted by molar-refractivity contribution is -0.126. The zero-order valence-corrected chi connectivity index (χ0v) is 11.0. The minimum Gasteiger partial charge on any atom is -0.320 e. The average Bonchev–Trinajstić information content (AvgIpc) is 2.26. The highest BCUT2D eigenvalue weighted by Gasteiger charge is 2.02. The summed E-state index contributed by atoms with van der Waals surface area (Å²) in [6.07, 6.45) is 12.0. The monoisotopic (exact) mass is 225 g/mol. The lowest BCUT2D eigenvalue weighted by Gasteiger charge is -2.15. The molecule has 0 atom stereocenters. The van der Waals surface area contributed by atoms with Crippen molar-refractivity contribution in [3.8, 4) is 0 Å². The van der Waals surface area contributed by atoms with Crippen LogP contribution in [0.15, 0.2) is 12.8 Å². The van der Waals surface area contributed by atoms with E-state index in [-0.39, 0.29) is 5.91 Å². The predicted molar refractivity (Wildman–Crippen MR) is 70.2 cm³/mol. The highest BCUT2D eigenvalue weighted by molar-refractivity contribution is 5.74. The zero-order valence-electron chi connectivity index (χ0n) is 11.0. The molecule has 1 amide bonds. The van der Waals surface area contributed by atoms with Crippen molar-refractivity contribution in [1.29, 1.82) is 0 Å². The first kappa shape index (κ1) is 15.2. The van der Waals surface area contributed by atoms with Crippen LogP contribution >= 0.6 is 0 Å². The van der Waals surface area contributed by atoms with Crippen molar-refractivity contribution in [3.05, 3.63) is 12.8 Å². The van der Waals surface area contributed by atoms with Gasteiger partial charge in [0.25, 0.3) is 0 Å². The van der Waals surface area contributed by atoms with Crippen LogP contribution < -0.4 is 0 Å². The molecule has 0 radical (unpaired) electrons. The molecule has 0 aliphatic carbocycles. The molecule has 0 aliphatic rings. The van der Waals surface area contributed by atoms with Crippen LogP contribution in [0.3, 0.4) is 0 Å². The lowest BCUT2D eigenvalue weighted by Crippen LogP contribution is -2.23. The summed E-state index contributed by atoms with van der Waals surface area (Å²) < 4.78 is 0. The first-order chi connectivity index (χ1) is 7.72. The second kappa shape index (κ2) is 10.7. The van der Waals surface area contributed by atoms with Gasteiger partial charge < -0.3 is 4.90 Å². The Bertz CT molecular complexity index is 189. The maximum Gasteiger partial charge on any atom is 0.223 e. The molecule has 0 aromatic carbocycles. The average molecular weight is 225 g/mol. The van der Waals surface area contributed by atoms with Gasteiger partial charge in [-0.2, -0.15) is 0 Å². The van der Waals surface area contributed by atoms with E-state index in [0.717, 1.165) is 13.0 Å². The zero-order chi connectivity index (χ0) is 12.2. The second-order valence-corrected chi connectivity index (χ2v) is 4.37. The smallest absolute Gasteiger partial charge is 0.223 e. The molecule has 0 saturated heterocycles. The Morgan fingerprint density at radius 3 is 2.00 bits per heavy atom. The summed E-state index contributed by atoms with van der Waals surface area (Å²) in [5.41, 5.74) is 0. The summed E-state index contributed by atoms with van der Waals surface area (Å²) in [6, 6.07) is 0. The molecule has 0 aromatic rings. The van der Waals surface area contributed by atoms with Crippen molar-refractivity contribution >= 4 is 5.91 Å². The molecule has 0 saturated carbocycles. The fourth-order valence-corrected chi connectivity index (χ4v) is 1.79. The topological polar surface area (TPSA) is 20.3 Å². The Morgan fingerprint density at radius 2 is 1.56 bits per heavy atom. The van der Waals surface area contributed by atoms with E-state index in [1.807, 2.05) is 0 Å². The Hall–Kier alpha value is -0.790. The Kier molecular flexibility index (Phi) is 10.2. The van der Waals surface area contributed by atoms with Gasteiger partial charge in [0, 0.05) is 13.5 Å². The van der Waals surface area contributed by atoms with E-state index < -0.39 is 0 Å². The molecule has 2 nitrogen and oxygen atoms in total. The molecule has 0 bridgehead atoms. The van der Waals surface area contributed by atoms with Crippen LogP contribution in [0.4, 0.5) is 0 Å². The van der Waals surface area contributed by atoms with Gasteiger partial charge in [-0.1, -0.05) is 58.4 Å². The van der Waals surface area contributed by atoms with Crippen LogP contribution in [0.25, 0.3) is 0 Å². The third-order valence-electron chi connectivity index (χ3n) is 2.88. The Balaban J connectivity index is 3.26. The highest BCUT2D eigenvalue weighted by Crippen LogP contribution is 2.08. The summed E-state index contributed by atoms with van der Waals surface area (Å²) in [5, 5.41) is 0. The molecule has 0 rings (SSSR count). The third kappa shape index (κ3) is 8.51. The molecule has 0 N–H and O–H groups in total. The van der Waals surface area contributed by atoms with Gasteiger partial charge in [0.15, 0.2) is 0 Å². The molecular weight excluding hydrogens is 198 g/mol. The fraction of sp³-hybridized carbons (Fsp3) is 0.786. The van der Waals surface area contributed by atoms with E-state index in [4.69, 9.17) is 0 Å². The SMILES string of the molecule is C=CN(CCCCCCCCCC)C(C)=O. The summed E-state index contributed by atoms with van der Waals surface area (Å²) >= 11 is 0.